The van der Waals surface area contributed by atoms with Gasteiger partial charge in [-0.3, -0.25) is 0 Å². The van der Waals surface area contributed by atoms with E-state index < -0.39 is 17.6 Å². The van der Waals surface area contributed by atoms with E-state index in [9.17, 15) is 0 Å². The quantitative estimate of drug-likeness (QED) is 0.359. The second-order valence-corrected chi connectivity index (χ2v) is 12.8. The van der Waals surface area contributed by atoms with E-state index in [-0.39, 0.29) is 5.67 Å². The standard InChI is InChI=1S/C18H43NO6Si2/c1-10-23-27(24-11-2,25-12-3)18(19-17(6)15-16(4)5)13-14-26(20-7,21-8)22-9/h16-19H,10-15H2,1-9H3. The van der Waals surface area contributed by atoms with E-state index >= 15 is 0 Å². The summed E-state index contributed by atoms with van der Waals surface area (Å²) in [6, 6.07) is 0.969. The average Bonchev–Trinajstić information content (AvgIpc) is 2.62. The van der Waals surface area contributed by atoms with Crippen LogP contribution in [-0.4, -0.2) is 70.5 Å². The Morgan fingerprint density at radius 1 is 0.778 bits per heavy atom. The smallest absolute Gasteiger partial charge is 0.377 e. The summed E-state index contributed by atoms with van der Waals surface area (Å²) in [4.78, 5) is 0. The van der Waals surface area contributed by atoms with Gasteiger partial charge in [-0.25, -0.2) is 0 Å². The van der Waals surface area contributed by atoms with E-state index in [4.69, 9.17) is 26.6 Å². The summed E-state index contributed by atoms with van der Waals surface area (Å²) < 4.78 is 35.3. The summed E-state index contributed by atoms with van der Waals surface area (Å²) in [6.45, 7) is 14.2. The number of nitrogens with one attached hydrogen (secondary N) is 1. The molecule has 0 heterocycles. The molecular formula is C18H43NO6Si2. The zero-order chi connectivity index (χ0) is 20.9. The fourth-order valence-electron chi connectivity index (χ4n) is 3.39. The van der Waals surface area contributed by atoms with E-state index in [0.717, 1.165) is 12.8 Å². The first kappa shape index (κ1) is 27.2. The number of hydrogen-bond acceptors (Lipinski definition) is 7. The molecule has 2 atom stereocenters. The van der Waals surface area contributed by atoms with Gasteiger partial charge in [0.2, 0.25) is 0 Å². The Labute approximate surface area is 169 Å². The number of hydrogen-bond donors (Lipinski definition) is 1. The molecule has 27 heavy (non-hydrogen) atoms. The molecule has 2 unspecified atom stereocenters. The minimum absolute atomic E-state index is 0.0570. The van der Waals surface area contributed by atoms with E-state index in [2.05, 4.69) is 26.1 Å². The lowest BCUT2D eigenvalue weighted by Gasteiger charge is -2.38. The van der Waals surface area contributed by atoms with Crippen LogP contribution in [0.3, 0.4) is 0 Å². The first-order valence-corrected chi connectivity index (χ1v) is 13.8. The molecule has 9 heteroatoms. The Morgan fingerprint density at radius 2 is 1.22 bits per heavy atom. The zero-order valence-electron chi connectivity index (χ0n) is 18.9. The Morgan fingerprint density at radius 3 is 1.56 bits per heavy atom. The van der Waals surface area contributed by atoms with Crippen molar-refractivity contribution < 1.29 is 26.6 Å². The van der Waals surface area contributed by atoms with Crippen molar-refractivity contribution >= 4 is 17.6 Å². The molecule has 0 aromatic carbocycles. The third-order valence-corrected chi connectivity index (χ3v) is 10.6. The Bertz CT molecular complexity index is 346. The van der Waals surface area contributed by atoms with Gasteiger partial charge in [0, 0.05) is 53.2 Å². The van der Waals surface area contributed by atoms with E-state index in [1.54, 1.807) is 21.3 Å². The maximum Gasteiger partial charge on any atom is 0.518 e. The second kappa shape index (κ2) is 14.2. The monoisotopic (exact) mass is 425 g/mol. The molecule has 164 valence electrons. The molecule has 0 fully saturated rings. The Hall–Kier alpha value is 0.154. The van der Waals surface area contributed by atoms with Crippen LogP contribution in [0.5, 0.6) is 0 Å². The maximum atomic E-state index is 6.17. The molecule has 1 N–H and O–H groups in total. The van der Waals surface area contributed by atoms with Gasteiger partial charge in [-0.2, -0.15) is 0 Å². The highest BCUT2D eigenvalue weighted by Gasteiger charge is 2.51. The van der Waals surface area contributed by atoms with Crippen LogP contribution in [0.15, 0.2) is 0 Å². The van der Waals surface area contributed by atoms with Crippen LogP contribution < -0.4 is 5.32 Å². The van der Waals surface area contributed by atoms with Gasteiger partial charge in [-0.1, -0.05) is 13.8 Å². The minimum Gasteiger partial charge on any atom is -0.377 e. The van der Waals surface area contributed by atoms with Crippen molar-refractivity contribution in [1.82, 2.24) is 5.32 Å². The highest BCUT2D eigenvalue weighted by molar-refractivity contribution is 6.63. The molecule has 0 aliphatic rings. The molecule has 0 aliphatic carbocycles. The normalized spacial score (nSPS) is 15.3. The Kier molecular flexibility index (Phi) is 14.3. The average molecular weight is 426 g/mol. The third-order valence-electron chi connectivity index (χ3n) is 4.45. The predicted octanol–water partition coefficient (Wildman–Crippen LogP) is 3.24. The molecule has 0 amide bonds. The molecule has 0 rings (SSSR count). The van der Waals surface area contributed by atoms with E-state index in [1.807, 2.05) is 20.8 Å². The van der Waals surface area contributed by atoms with Gasteiger partial charge in [0.25, 0.3) is 0 Å². The fraction of sp³-hybridized carbons (Fsp3) is 1.00. The second-order valence-electron chi connectivity index (χ2n) is 6.99. The predicted molar refractivity (Wildman–Crippen MR) is 113 cm³/mol. The minimum atomic E-state index is -2.93. The van der Waals surface area contributed by atoms with Crippen molar-refractivity contribution in [2.75, 3.05) is 41.2 Å². The molecule has 0 saturated carbocycles. The maximum absolute atomic E-state index is 6.17. The van der Waals surface area contributed by atoms with Crippen molar-refractivity contribution in [1.29, 1.82) is 0 Å². The van der Waals surface area contributed by atoms with Crippen LogP contribution in [0.4, 0.5) is 0 Å². The summed E-state index contributed by atoms with van der Waals surface area (Å²) in [5, 5.41) is 3.73. The van der Waals surface area contributed by atoms with Crippen molar-refractivity contribution in [3.05, 3.63) is 0 Å². The van der Waals surface area contributed by atoms with Crippen LogP contribution in [0.25, 0.3) is 0 Å². The Balaban J connectivity index is 5.62. The van der Waals surface area contributed by atoms with Crippen LogP contribution in [0.2, 0.25) is 6.04 Å². The molecule has 0 aromatic rings. The van der Waals surface area contributed by atoms with Crippen molar-refractivity contribution in [2.24, 2.45) is 5.92 Å². The van der Waals surface area contributed by atoms with Gasteiger partial charge in [0.05, 0.1) is 5.67 Å². The molecule has 0 spiro atoms. The van der Waals surface area contributed by atoms with Gasteiger partial charge >= 0.3 is 17.6 Å². The third kappa shape index (κ3) is 9.01. The molecule has 0 aliphatic heterocycles. The zero-order valence-corrected chi connectivity index (χ0v) is 20.9. The summed E-state index contributed by atoms with van der Waals surface area (Å²) in [6.07, 6.45) is 1.79. The van der Waals surface area contributed by atoms with Gasteiger partial charge in [0.1, 0.15) is 0 Å². The van der Waals surface area contributed by atoms with E-state index in [1.165, 1.54) is 0 Å². The number of rotatable bonds is 17. The van der Waals surface area contributed by atoms with Crippen LogP contribution in [0, 0.1) is 5.92 Å². The van der Waals surface area contributed by atoms with Gasteiger partial charge < -0.3 is 31.9 Å². The SMILES string of the molecule is CCO[Si](OCC)(OCC)C(CC[Si](OC)(OC)OC)NC(C)CC(C)C. The summed E-state index contributed by atoms with van der Waals surface area (Å²) in [5.41, 5.74) is -0.0570. The van der Waals surface area contributed by atoms with Crippen molar-refractivity contribution in [3.8, 4) is 0 Å². The molecule has 0 bridgehead atoms. The lowest BCUT2D eigenvalue weighted by Crippen LogP contribution is -2.64. The van der Waals surface area contributed by atoms with E-state index in [0.29, 0.717) is 37.8 Å². The highest BCUT2D eigenvalue weighted by Crippen LogP contribution is 2.25. The summed E-state index contributed by atoms with van der Waals surface area (Å²) >= 11 is 0. The van der Waals surface area contributed by atoms with Crippen molar-refractivity contribution in [3.63, 3.8) is 0 Å². The molecule has 0 aromatic heterocycles. The molecule has 0 radical (unpaired) electrons. The summed E-state index contributed by atoms with van der Waals surface area (Å²) in [5.74, 6) is 0.598. The van der Waals surface area contributed by atoms with Crippen LogP contribution in [0.1, 0.15) is 54.4 Å². The summed E-state index contributed by atoms with van der Waals surface area (Å²) in [7, 11) is -0.707. The first-order chi connectivity index (χ1) is 12.8. The van der Waals surface area contributed by atoms with Gasteiger partial charge in [-0.15, -0.1) is 0 Å². The largest absolute Gasteiger partial charge is 0.518 e. The fourth-order valence-corrected chi connectivity index (χ4v) is 8.48. The molecular weight excluding hydrogens is 382 g/mol. The molecule has 0 saturated heterocycles. The van der Waals surface area contributed by atoms with Crippen LogP contribution in [-0.2, 0) is 26.6 Å². The first-order valence-electron chi connectivity index (χ1n) is 10.1. The highest BCUT2D eigenvalue weighted by atomic mass is 28.4. The lowest BCUT2D eigenvalue weighted by atomic mass is 10.1. The molecule has 7 nitrogen and oxygen atoms in total. The van der Waals surface area contributed by atoms with Gasteiger partial charge in [-0.05, 0) is 46.5 Å². The van der Waals surface area contributed by atoms with Crippen molar-refractivity contribution in [2.45, 2.75) is 72.1 Å². The lowest BCUT2D eigenvalue weighted by molar-refractivity contribution is 0.0543. The van der Waals surface area contributed by atoms with Gasteiger partial charge in [0.15, 0.2) is 0 Å². The van der Waals surface area contributed by atoms with Crippen LogP contribution >= 0.6 is 0 Å². The topological polar surface area (TPSA) is 67.4 Å².